The van der Waals surface area contributed by atoms with Crippen LogP contribution in [0.5, 0.6) is 0 Å². The minimum atomic E-state index is -0.467. The van der Waals surface area contributed by atoms with Gasteiger partial charge in [-0.2, -0.15) is 0 Å². The fourth-order valence-electron chi connectivity index (χ4n) is 1.58. The number of carbonyl (C=O) groups is 1. The summed E-state index contributed by atoms with van der Waals surface area (Å²) in [5.74, 6) is -0.0575. The highest BCUT2D eigenvalue weighted by molar-refractivity contribution is 5.81. The fourth-order valence-corrected chi connectivity index (χ4v) is 1.58. The SMILES string of the molecule is C=CC(N)NC(=O)[C@H](C)N(CC)C(C)C. The van der Waals surface area contributed by atoms with Gasteiger partial charge in [0.1, 0.15) is 0 Å². The Kier molecular flexibility index (Phi) is 6.20. The molecule has 2 atom stereocenters. The molecule has 0 radical (unpaired) electrons. The van der Waals surface area contributed by atoms with Gasteiger partial charge in [-0.05, 0) is 27.3 Å². The van der Waals surface area contributed by atoms with Crippen molar-refractivity contribution in [1.29, 1.82) is 0 Å². The first-order valence-corrected chi connectivity index (χ1v) is 5.38. The maximum Gasteiger partial charge on any atom is 0.238 e. The van der Waals surface area contributed by atoms with Crippen molar-refractivity contribution in [3.05, 3.63) is 12.7 Å². The molecule has 1 unspecified atom stereocenters. The van der Waals surface area contributed by atoms with E-state index >= 15 is 0 Å². The summed E-state index contributed by atoms with van der Waals surface area (Å²) in [4.78, 5) is 13.8. The lowest BCUT2D eigenvalue weighted by Gasteiger charge is -2.31. The average molecular weight is 213 g/mol. The van der Waals surface area contributed by atoms with Crippen molar-refractivity contribution in [1.82, 2.24) is 10.2 Å². The lowest BCUT2D eigenvalue weighted by atomic mass is 10.2. The molecule has 0 saturated heterocycles. The van der Waals surface area contributed by atoms with E-state index in [9.17, 15) is 4.79 Å². The molecule has 15 heavy (non-hydrogen) atoms. The van der Waals surface area contributed by atoms with Crippen LogP contribution >= 0.6 is 0 Å². The van der Waals surface area contributed by atoms with Crippen LogP contribution < -0.4 is 11.1 Å². The molecule has 0 heterocycles. The number of hydrogen-bond donors (Lipinski definition) is 2. The number of nitrogens with two attached hydrogens (primary N) is 1. The van der Waals surface area contributed by atoms with Gasteiger partial charge in [-0.25, -0.2) is 0 Å². The largest absolute Gasteiger partial charge is 0.336 e. The van der Waals surface area contributed by atoms with Crippen LogP contribution in [-0.4, -0.2) is 35.6 Å². The number of amides is 1. The minimum Gasteiger partial charge on any atom is -0.336 e. The van der Waals surface area contributed by atoms with Gasteiger partial charge in [0.2, 0.25) is 5.91 Å². The topological polar surface area (TPSA) is 58.4 Å². The predicted octanol–water partition coefficient (Wildman–Crippen LogP) is 0.692. The molecule has 4 nitrogen and oxygen atoms in total. The second-order valence-electron chi connectivity index (χ2n) is 3.87. The Morgan fingerprint density at radius 3 is 2.40 bits per heavy atom. The zero-order chi connectivity index (χ0) is 12.0. The van der Waals surface area contributed by atoms with Gasteiger partial charge in [0, 0.05) is 6.04 Å². The Balaban J connectivity index is 4.34. The molecule has 1 amide bonds. The maximum absolute atomic E-state index is 11.7. The molecule has 0 spiro atoms. The zero-order valence-corrected chi connectivity index (χ0v) is 10.2. The smallest absolute Gasteiger partial charge is 0.238 e. The first-order valence-electron chi connectivity index (χ1n) is 5.38. The summed E-state index contributed by atoms with van der Waals surface area (Å²) in [7, 11) is 0. The van der Waals surface area contributed by atoms with Crippen LogP contribution in [0.1, 0.15) is 27.7 Å². The Morgan fingerprint density at radius 2 is 2.07 bits per heavy atom. The number of likely N-dealkylation sites (N-methyl/N-ethyl adjacent to an activating group) is 1. The standard InChI is InChI=1S/C11H23N3O/c1-6-10(12)13-11(15)9(5)14(7-2)8(3)4/h6,8-10H,1,7,12H2,2-5H3,(H,13,15)/t9-,10?/m0/s1. The summed E-state index contributed by atoms with van der Waals surface area (Å²) >= 11 is 0. The van der Waals surface area contributed by atoms with Gasteiger partial charge in [-0.1, -0.05) is 19.6 Å². The molecule has 0 rings (SSSR count). The maximum atomic E-state index is 11.7. The van der Waals surface area contributed by atoms with Crippen molar-refractivity contribution in [3.63, 3.8) is 0 Å². The highest BCUT2D eigenvalue weighted by Gasteiger charge is 2.22. The second kappa shape index (κ2) is 6.58. The van der Waals surface area contributed by atoms with Gasteiger partial charge < -0.3 is 11.1 Å². The van der Waals surface area contributed by atoms with E-state index in [1.54, 1.807) is 0 Å². The third kappa shape index (κ3) is 4.44. The fraction of sp³-hybridized carbons (Fsp3) is 0.727. The van der Waals surface area contributed by atoms with E-state index < -0.39 is 6.17 Å². The molecule has 0 saturated carbocycles. The Hall–Kier alpha value is -0.870. The van der Waals surface area contributed by atoms with E-state index in [4.69, 9.17) is 5.73 Å². The van der Waals surface area contributed by atoms with Crippen LogP contribution in [0.25, 0.3) is 0 Å². The van der Waals surface area contributed by atoms with Crippen LogP contribution in [0.3, 0.4) is 0 Å². The second-order valence-corrected chi connectivity index (χ2v) is 3.87. The van der Waals surface area contributed by atoms with E-state index in [1.807, 2.05) is 13.8 Å². The molecule has 3 N–H and O–H groups in total. The molecule has 0 aromatic heterocycles. The highest BCUT2D eigenvalue weighted by Crippen LogP contribution is 2.04. The van der Waals surface area contributed by atoms with Crippen LogP contribution in [0.2, 0.25) is 0 Å². The van der Waals surface area contributed by atoms with Crippen molar-refractivity contribution < 1.29 is 4.79 Å². The number of nitrogens with zero attached hydrogens (tertiary/aromatic N) is 1. The van der Waals surface area contributed by atoms with Crippen molar-refractivity contribution in [2.24, 2.45) is 5.73 Å². The molecule has 0 aromatic rings. The molecule has 0 fully saturated rings. The van der Waals surface area contributed by atoms with Gasteiger partial charge in [0.05, 0.1) is 12.2 Å². The summed E-state index contributed by atoms with van der Waals surface area (Å²) in [5.41, 5.74) is 5.56. The van der Waals surface area contributed by atoms with E-state index in [1.165, 1.54) is 6.08 Å². The number of hydrogen-bond acceptors (Lipinski definition) is 3. The van der Waals surface area contributed by atoms with Gasteiger partial charge in [-0.15, -0.1) is 0 Å². The molecule has 0 aliphatic carbocycles. The lowest BCUT2D eigenvalue weighted by Crippen LogP contribution is -2.51. The van der Waals surface area contributed by atoms with Crippen molar-refractivity contribution in [3.8, 4) is 0 Å². The van der Waals surface area contributed by atoms with E-state index in [-0.39, 0.29) is 11.9 Å². The third-order valence-electron chi connectivity index (χ3n) is 2.47. The minimum absolute atomic E-state index is 0.0575. The van der Waals surface area contributed by atoms with Crippen LogP contribution in [0.4, 0.5) is 0 Å². The summed E-state index contributed by atoms with van der Waals surface area (Å²) < 4.78 is 0. The van der Waals surface area contributed by atoms with Gasteiger partial charge in [0.15, 0.2) is 0 Å². The van der Waals surface area contributed by atoms with Gasteiger partial charge in [0.25, 0.3) is 0 Å². The average Bonchev–Trinajstić information content (AvgIpc) is 2.17. The first kappa shape index (κ1) is 14.1. The predicted molar refractivity (Wildman–Crippen MR) is 63.3 cm³/mol. The molecule has 0 aliphatic rings. The van der Waals surface area contributed by atoms with E-state index in [0.29, 0.717) is 6.04 Å². The van der Waals surface area contributed by atoms with E-state index in [2.05, 4.69) is 30.6 Å². The molecule has 0 aromatic carbocycles. The summed E-state index contributed by atoms with van der Waals surface area (Å²) in [6, 6.07) is 0.178. The number of carbonyl (C=O) groups excluding carboxylic acids is 1. The molecule has 0 bridgehead atoms. The highest BCUT2D eigenvalue weighted by atomic mass is 16.2. The number of nitrogens with one attached hydrogen (secondary N) is 1. The Bertz CT molecular complexity index is 216. The summed E-state index contributed by atoms with van der Waals surface area (Å²) in [6.07, 6.45) is 1.04. The van der Waals surface area contributed by atoms with Crippen molar-refractivity contribution >= 4 is 5.91 Å². The third-order valence-corrected chi connectivity index (χ3v) is 2.47. The molecular formula is C11H23N3O. The van der Waals surface area contributed by atoms with Crippen molar-refractivity contribution in [2.75, 3.05) is 6.54 Å². The van der Waals surface area contributed by atoms with Crippen LogP contribution in [0, 0.1) is 0 Å². The lowest BCUT2D eigenvalue weighted by molar-refractivity contribution is -0.126. The Morgan fingerprint density at radius 1 is 1.53 bits per heavy atom. The monoisotopic (exact) mass is 213 g/mol. The summed E-state index contributed by atoms with van der Waals surface area (Å²) in [6.45, 7) is 12.4. The molecule has 4 heteroatoms. The van der Waals surface area contributed by atoms with Gasteiger partial charge in [-0.3, -0.25) is 9.69 Å². The first-order chi connectivity index (χ1) is 6.93. The molecule has 0 aliphatic heterocycles. The number of rotatable bonds is 6. The van der Waals surface area contributed by atoms with Gasteiger partial charge >= 0.3 is 0 Å². The van der Waals surface area contributed by atoms with Crippen LogP contribution in [-0.2, 0) is 4.79 Å². The van der Waals surface area contributed by atoms with Crippen molar-refractivity contribution in [2.45, 2.75) is 45.9 Å². The quantitative estimate of drug-likeness (QED) is 0.504. The zero-order valence-electron chi connectivity index (χ0n) is 10.2. The molecular weight excluding hydrogens is 190 g/mol. The summed E-state index contributed by atoms with van der Waals surface area (Å²) in [5, 5.41) is 2.68. The van der Waals surface area contributed by atoms with Crippen LogP contribution in [0.15, 0.2) is 12.7 Å². The Labute approximate surface area is 92.5 Å². The molecule has 88 valence electrons. The van der Waals surface area contributed by atoms with E-state index in [0.717, 1.165) is 6.54 Å². The normalized spacial score (nSPS) is 15.1.